The van der Waals surface area contributed by atoms with Crippen LogP contribution in [0.1, 0.15) is 15.9 Å². The molecule has 0 saturated carbocycles. The molecule has 6 nitrogen and oxygen atoms in total. The molecule has 0 unspecified atom stereocenters. The predicted octanol–water partition coefficient (Wildman–Crippen LogP) is 2.04. The lowest BCUT2D eigenvalue weighted by Crippen LogP contribution is -2.14. The Morgan fingerprint density at radius 2 is 1.90 bits per heavy atom. The summed E-state index contributed by atoms with van der Waals surface area (Å²) in [5.41, 5.74) is 7.14. The van der Waals surface area contributed by atoms with E-state index in [-0.39, 0.29) is 11.7 Å². The summed E-state index contributed by atoms with van der Waals surface area (Å²) >= 11 is 0. The van der Waals surface area contributed by atoms with Crippen LogP contribution >= 0.6 is 0 Å². The molecule has 2 aromatic carbocycles. The van der Waals surface area contributed by atoms with Gasteiger partial charge < -0.3 is 21.0 Å². The predicted molar refractivity (Wildman–Crippen MR) is 79.9 cm³/mol. The third kappa shape index (κ3) is 3.50. The van der Waals surface area contributed by atoms with Crippen LogP contribution in [0.2, 0.25) is 0 Å². The smallest absolute Gasteiger partial charge is 0.255 e. The molecule has 2 aromatic rings. The Bertz CT molecular complexity index is 666. The minimum Gasteiger partial charge on any atom is -0.497 e. The number of nitrogens with two attached hydrogens (primary N) is 1. The van der Waals surface area contributed by atoms with E-state index in [4.69, 9.17) is 15.7 Å². The monoisotopic (exact) mass is 285 g/mol. The van der Waals surface area contributed by atoms with Crippen molar-refractivity contribution in [3.63, 3.8) is 0 Å². The minimum atomic E-state index is -0.245. The number of hydrogen-bond donors (Lipinski definition) is 3. The second-order valence-electron chi connectivity index (χ2n) is 4.25. The highest BCUT2D eigenvalue weighted by atomic mass is 16.5. The van der Waals surface area contributed by atoms with E-state index in [1.165, 1.54) is 0 Å². The van der Waals surface area contributed by atoms with Crippen molar-refractivity contribution in [2.24, 2.45) is 10.9 Å². The number of anilines is 1. The van der Waals surface area contributed by atoms with Gasteiger partial charge in [-0.3, -0.25) is 4.79 Å². The normalized spacial score (nSPS) is 11.0. The number of rotatable bonds is 4. The number of amidine groups is 1. The standard InChI is InChI=1S/C15H15N3O3/c1-21-13-4-2-3-11(9-13)15(19)17-12-7-5-10(6-8-12)14(16)18-20/h2-9,20H,1H3,(H2,16,18)(H,17,19). The molecule has 2 rings (SSSR count). The molecule has 4 N–H and O–H groups in total. The van der Waals surface area contributed by atoms with Gasteiger partial charge in [0.15, 0.2) is 5.84 Å². The average molecular weight is 285 g/mol. The second kappa shape index (κ2) is 6.42. The summed E-state index contributed by atoms with van der Waals surface area (Å²) in [6.07, 6.45) is 0. The van der Waals surface area contributed by atoms with E-state index in [0.717, 1.165) is 0 Å². The number of nitrogens with zero attached hydrogens (tertiary/aromatic N) is 1. The van der Waals surface area contributed by atoms with Crippen LogP contribution in [0.3, 0.4) is 0 Å². The molecule has 6 heteroatoms. The van der Waals surface area contributed by atoms with Gasteiger partial charge in [0.25, 0.3) is 5.91 Å². The van der Waals surface area contributed by atoms with Crippen molar-refractivity contribution in [1.82, 2.24) is 0 Å². The third-order valence-corrected chi connectivity index (χ3v) is 2.88. The number of nitrogens with one attached hydrogen (secondary N) is 1. The Kier molecular flexibility index (Phi) is 4.40. The molecule has 0 aliphatic heterocycles. The molecule has 0 fully saturated rings. The number of oxime groups is 1. The molecular formula is C15H15N3O3. The molecule has 0 aliphatic rings. The van der Waals surface area contributed by atoms with Gasteiger partial charge in [0.2, 0.25) is 0 Å². The summed E-state index contributed by atoms with van der Waals surface area (Å²) in [5.74, 6) is 0.385. The first-order valence-electron chi connectivity index (χ1n) is 6.17. The highest BCUT2D eigenvalue weighted by Crippen LogP contribution is 2.15. The highest BCUT2D eigenvalue weighted by Gasteiger charge is 2.07. The topological polar surface area (TPSA) is 96.9 Å². The van der Waals surface area contributed by atoms with Gasteiger partial charge in [-0.15, -0.1) is 0 Å². The molecule has 1 amide bonds. The fourth-order valence-corrected chi connectivity index (χ4v) is 1.75. The maximum absolute atomic E-state index is 12.1. The summed E-state index contributed by atoms with van der Waals surface area (Å²) in [4.78, 5) is 12.1. The Balaban J connectivity index is 2.12. The van der Waals surface area contributed by atoms with Crippen molar-refractivity contribution < 1.29 is 14.7 Å². The van der Waals surface area contributed by atoms with Gasteiger partial charge in [-0.05, 0) is 42.5 Å². The first-order valence-corrected chi connectivity index (χ1v) is 6.17. The van der Waals surface area contributed by atoms with Crippen LogP contribution in [-0.4, -0.2) is 24.1 Å². The number of ether oxygens (including phenoxy) is 1. The first-order chi connectivity index (χ1) is 10.1. The lowest BCUT2D eigenvalue weighted by atomic mass is 10.1. The molecule has 0 saturated heterocycles. The molecule has 0 atom stereocenters. The summed E-state index contributed by atoms with van der Waals surface area (Å²) in [5, 5.41) is 14.2. The Labute approximate surface area is 121 Å². The molecule has 21 heavy (non-hydrogen) atoms. The van der Waals surface area contributed by atoms with Gasteiger partial charge in [0, 0.05) is 16.8 Å². The molecule has 0 spiro atoms. The fourth-order valence-electron chi connectivity index (χ4n) is 1.75. The Morgan fingerprint density at radius 1 is 1.19 bits per heavy atom. The van der Waals surface area contributed by atoms with E-state index < -0.39 is 0 Å². The van der Waals surface area contributed by atoms with Crippen LogP contribution in [0, 0.1) is 0 Å². The van der Waals surface area contributed by atoms with E-state index in [1.54, 1.807) is 55.6 Å². The molecule has 0 aliphatic carbocycles. The van der Waals surface area contributed by atoms with Gasteiger partial charge in [0.1, 0.15) is 5.75 Å². The molecule has 0 aromatic heterocycles. The summed E-state index contributed by atoms with van der Waals surface area (Å²) < 4.78 is 5.08. The van der Waals surface area contributed by atoms with E-state index in [0.29, 0.717) is 22.6 Å². The molecular weight excluding hydrogens is 270 g/mol. The van der Waals surface area contributed by atoms with E-state index in [2.05, 4.69) is 10.5 Å². The fraction of sp³-hybridized carbons (Fsp3) is 0.0667. The van der Waals surface area contributed by atoms with E-state index >= 15 is 0 Å². The zero-order valence-electron chi connectivity index (χ0n) is 11.4. The molecule has 0 heterocycles. The number of methoxy groups -OCH3 is 1. The summed E-state index contributed by atoms with van der Waals surface area (Å²) in [6, 6.07) is 13.5. The summed E-state index contributed by atoms with van der Waals surface area (Å²) in [6.45, 7) is 0. The van der Waals surface area contributed by atoms with Crippen LogP contribution < -0.4 is 15.8 Å². The number of carbonyl (C=O) groups excluding carboxylic acids is 1. The van der Waals surface area contributed by atoms with Crippen molar-refractivity contribution in [2.75, 3.05) is 12.4 Å². The summed E-state index contributed by atoms with van der Waals surface area (Å²) in [7, 11) is 1.54. The quantitative estimate of drug-likeness (QED) is 0.346. The van der Waals surface area contributed by atoms with Crippen molar-refractivity contribution in [2.45, 2.75) is 0 Å². The van der Waals surface area contributed by atoms with Crippen LogP contribution in [0.4, 0.5) is 5.69 Å². The zero-order valence-corrected chi connectivity index (χ0v) is 11.4. The number of amides is 1. The third-order valence-electron chi connectivity index (χ3n) is 2.88. The molecule has 0 radical (unpaired) electrons. The van der Waals surface area contributed by atoms with Gasteiger partial charge in [-0.25, -0.2) is 0 Å². The number of benzene rings is 2. The van der Waals surface area contributed by atoms with Crippen molar-refractivity contribution in [3.05, 3.63) is 59.7 Å². The highest BCUT2D eigenvalue weighted by molar-refractivity contribution is 6.05. The van der Waals surface area contributed by atoms with Crippen LogP contribution in [0.25, 0.3) is 0 Å². The van der Waals surface area contributed by atoms with Crippen molar-refractivity contribution >= 4 is 17.4 Å². The maximum Gasteiger partial charge on any atom is 0.255 e. The lowest BCUT2D eigenvalue weighted by Gasteiger charge is -2.07. The Morgan fingerprint density at radius 3 is 2.52 bits per heavy atom. The average Bonchev–Trinajstić information content (AvgIpc) is 2.54. The van der Waals surface area contributed by atoms with Gasteiger partial charge in [-0.1, -0.05) is 11.2 Å². The minimum absolute atomic E-state index is 0.0145. The van der Waals surface area contributed by atoms with Gasteiger partial charge in [-0.2, -0.15) is 0 Å². The SMILES string of the molecule is COc1cccc(C(=O)Nc2ccc(/C(N)=N/O)cc2)c1. The largest absolute Gasteiger partial charge is 0.497 e. The van der Waals surface area contributed by atoms with Gasteiger partial charge in [0.05, 0.1) is 7.11 Å². The molecule has 0 bridgehead atoms. The van der Waals surface area contributed by atoms with E-state index in [9.17, 15) is 4.79 Å². The van der Waals surface area contributed by atoms with Crippen molar-refractivity contribution in [1.29, 1.82) is 0 Å². The van der Waals surface area contributed by atoms with Crippen LogP contribution in [0.15, 0.2) is 53.7 Å². The number of hydrogen-bond acceptors (Lipinski definition) is 4. The van der Waals surface area contributed by atoms with Crippen LogP contribution in [-0.2, 0) is 0 Å². The maximum atomic E-state index is 12.1. The van der Waals surface area contributed by atoms with Crippen LogP contribution in [0.5, 0.6) is 5.75 Å². The van der Waals surface area contributed by atoms with Gasteiger partial charge >= 0.3 is 0 Å². The zero-order chi connectivity index (χ0) is 15.2. The number of carbonyl (C=O) groups is 1. The van der Waals surface area contributed by atoms with E-state index in [1.807, 2.05) is 0 Å². The lowest BCUT2D eigenvalue weighted by molar-refractivity contribution is 0.102. The second-order valence-corrected chi connectivity index (χ2v) is 4.25. The molecule has 108 valence electrons. The first kappa shape index (κ1) is 14.4. The Hall–Kier alpha value is -3.02. The van der Waals surface area contributed by atoms with Crippen molar-refractivity contribution in [3.8, 4) is 5.75 Å².